The molecular weight excluding hydrogens is 162 g/mol. The van der Waals surface area contributed by atoms with Crippen molar-refractivity contribution in [3.05, 3.63) is 0 Å². The first kappa shape index (κ1) is 11.0. The minimum atomic E-state index is 0.343. The fourth-order valence-electron chi connectivity index (χ4n) is 2.06. The van der Waals surface area contributed by atoms with Gasteiger partial charge in [0, 0.05) is 12.6 Å². The molecule has 1 saturated heterocycles. The topological polar surface area (TPSA) is 23.5 Å². The molecule has 0 amide bonds. The Morgan fingerprint density at radius 2 is 2.31 bits per heavy atom. The molecule has 0 aromatic heterocycles. The lowest BCUT2D eigenvalue weighted by molar-refractivity contribution is 0.212. The average molecular weight is 185 g/mol. The predicted molar refractivity (Wildman–Crippen MR) is 55.8 cm³/mol. The maximum Gasteiger partial charge on any atom is 0.0456 e. The second-order valence-corrected chi connectivity index (χ2v) is 4.46. The molecule has 1 aliphatic heterocycles. The lowest BCUT2D eigenvalue weighted by Crippen LogP contribution is -2.28. The van der Waals surface area contributed by atoms with Gasteiger partial charge < -0.3 is 10.0 Å². The van der Waals surface area contributed by atoms with E-state index in [2.05, 4.69) is 18.7 Å². The molecule has 2 heteroatoms. The Morgan fingerprint density at radius 1 is 1.54 bits per heavy atom. The molecule has 0 bridgehead atoms. The lowest BCUT2D eigenvalue weighted by Gasteiger charge is -2.21. The first-order valence-corrected chi connectivity index (χ1v) is 5.59. The Labute approximate surface area is 81.9 Å². The standard InChI is InChI=1S/C11H23NO/c1-10(9-13)5-3-7-12-8-4-6-11(12)2/h10-11,13H,3-9H2,1-2H3. The van der Waals surface area contributed by atoms with Gasteiger partial charge in [0.25, 0.3) is 0 Å². The van der Waals surface area contributed by atoms with Gasteiger partial charge in [-0.1, -0.05) is 6.92 Å². The summed E-state index contributed by atoms with van der Waals surface area (Å²) in [5, 5.41) is 8.87. The highest BCUT2D eigenvalue weighted by molar-refractivity contribution is 4.74. The summed E-state index contributed by atoms with van der Waals surface area (Å²) in [4.78, 5) is 2.57. The molecule has 0 aromatic rings. The number of aliphatic hydroxyl groups is 1. The molecule has 2 nitrogen and oxygen atoms in total. The van der Waals surface area contributed by atoms with Crippen LogP contribution in [0.25, 0.3) is 0 Å². The number of likely N-dealkylation sites (tertiary alicyclic amines) is 1. The smallest absolute Gasteiger partial charge is 0.0456 e. The SMILES string of the molecule is CC(CO)CCCN1CCCC1C. The van der Waals surface area contributed by atoms with Gasteiger partial charge in [-0.05, 0) is 51.6 Å². The molecule has 2 unspecified atom stereocenters. The van der Waals surface area contributed by atoms with Crippen LogP contribution in [0.1, 0.15) is 39.5 Å². The third-order valence-electron chi connectivity index (χ3n) is 3.14. The summed E-state index contributed by atoms with van der Waals surface area (Å²) in [6.07, 6.45) is 5.15. The third kappa shape index (κ3) is 3.65. The van der Waals surface area contributed by atoms with Crippen molar-refractivity contribution in [2.45, 2.75) is 45.6 Å². The second-order valence-electron chi connectivity index (χ2n) is 4.46. The van der Waals surface area contributed by atoms with Crippen LogP contribution in [-0.2, 0) is 0 Å². The fraction of sp³-hybridized carbons (Fsp3) is 1.00. The fourth-order valence-corrected chi connectivity index (χ4v) is 2.06. The van der Waals surface area contributed by atoms with Gasteiger partial charge in [-0.25, -0.2) is 0 Å². The number of hydrogen-bond acceptors (Lipinski definition) is 2. The number of aliphatic hydroxyl groups excluding tert-OH is 1. The summed E-state index contributed by atoms with van der Waals surface area (Å²) < 4.78 is 0. The van der Waals surface area contributed by atoms with E-state index < -0.39 is 0 Å². The summed E-state index contributed by atoms with van der Waals surface area (Å²) in [6, 6.07) is 0.796. The Bertz CT molecular complexity index is 138. The van der Waals surface area contributed by atoms with Gasteiger partial charge in [0.2, 0.25) is 0 Å². The molecule has 1 rings (SSSR count). The van der Waals surface area contributed by atoms with E-state index in [1.807, 2.05) is 0 Å². The number of nitrogens with zero attached hydrogens (tertiary/aromatic N) is 1. The van der Waals surface area contributed by atoms with Crippen molar-refractivity contribution in [3.8, 4) is 0 Å². The molecular formula is C11H23NO. The van der Waals surface area contributed by atoms with Crippen LogP contribution in [-0.4, -0.2) is 35.7 Å². The predicted octanol–water partition coefficient (Wildman–Crippen LogP) is 1.88. The monoisotopic (exact) mass is 185 g/mol. The molecule has 1 aliphatic rings. The van der Waals surface area contributed by atoms with Gasteiger partial charge in [0.15, 0.2) is 0 Å². The van der Waals surface area contributed by atoms with Crippen LogP contribution >= 0.6 is 0 Å². The first-order chi connectivity index (χ1) is 6.24. The van der Waals surface area contributed by atoms with E-state index in [1.54, 1.807) is 0 Å². The minimum Gasteiger partial charge on any atom is -0.396 e. The molecule has 0 radical (unpaired) electrons. The maximum atomic E-state index is 8.87. The number of rotatable bonds is 5. The van der Waals surface area contributed by atoms with Gasteiger partial charge in [-0.2, -0.15) is 0 Å². The molecule has 78 valence electrons. The van der Waals surface area contributed by atoms with E-state index >= 15 is 0 Å². The van der Waals surface area contributed by atoms with Gasteiger partial charge in [-0.3, -0.25) is 0 Å². The van der Waals surface area contributed by atoms with E-state index in [0.717, 1.165) is 6.04 Å². The van der Waals surface area contributed by atoms with Crippen molar-refractivity contribution in [1.82, 2.24) is 4.90 Å². The van der Waals surface area contributed by atoms with Crippen LogP contribution in [0.2, 0.25) is 0 Å². The lowest BCUT2D eigenvalue weighted by atomic mass is 10.1. The highest BCUT2D eigenvalue weighted by Gasteiger charge is 2.19. The van der Waals surface area contributed by atoms with Crippen LogP contribution in [0.4, 0.5) is 0 Å². The summed E-state index contributed by atoms with van der Waals surface area (Å²) in [5.74, 6) is 0.484. The van der Waals surface area contributed by atoms with Crippen LogP contribution in [0, 0.1) is 5.92 Å². The summed E-state index contributed by atoms with van der Waals surface area (Å²) in [7, 11) is 0. The third-order valence-corrected chi connectivity index (χ3v) is 3.14. The maximum absolute atomic E-state index is 8.87. The Morgan fingerprint density at radius 3 is 2.85 bits per heavy atom. The van der Waals surface area contributed by atoms with Gasteiger partial charge in [0.1, 0.15) is 0 Å². The molecule has 1 fully saturated rings. The molecule has 13 heavy (non-hydrogen) atoms. The van der Waals surface area contributed by atoms with Crippen molar-refractivity contribution in [1.29, 1.82) is 0 Å². The Balaban J connectivity index is 2.05. The molecule has 1 N–H and O–H groups in total. The normalized spacial score (nSPS) is 26.5. The molecule has 1 heterocycles. The van der Waals surface area contributed by atoms with Gasteiger partial charge >= 0.3 is 0 Å². The highest BCUT2D eigenvalue weighted by atomic mass is 16.3. The molecule has 0 saturated carbocycles. The van der Waals surface area contributed by atoms with Crippen molar-refractivity contribution in [2.24, 2.45) is 5.92 Å². The van der Waals surface area contributed by atoms with E-state index in [9.17, 15) is 0 Å². The van der Waals surface area contributed by atoms with Crippen LogP contribution < -0.4 is 0 Å². The summed E-state index contributed by atoms with van der Waals surface area (Å²) >= 11 is 0. The second kappa shape index (κ2) is 5.61. The van der Waals surface area contributed by atoms with Gasteiger partial charge in [-0.15, -0.1) is 0 Å². The molecule has 0 aromatic carbocycles. The summed E-state index contributed by atoms with van der Waals surface area (Å²) in [5.41, 5.74) is 0. The highest BCUT2D eigenvalue weighted by Crippen LogP contribution is 2.17. The first-order valence-electron chi connectivity index (χ1n) is 5.59. The van der Waals surface area contributed by atoms with Crippen LogP contribution in [0.5, 0.6) is 0 Å². The van der Waals surface area contributed by atoms with E-state index in [0.29, 0.717) is 12.5 Å². The minimum absolute atomic E-state index is 0.343. The quantitative estimate of drug-likeness (QED) is 0.707. The summed E-state index contributed by atoms with van der Waals surface area (Å²) in [6.45, 7) is 7.30. The number of hydrogen-bond donors (Lipinski definition) is 1. The van der Waals surface area contributed by atoms with Crippen molar-refractivity contribution < 1.29 is 5.11 Å². The zero-order valence-corrected chi connectivity index (χ0v) is 9.00. The van der Waals surface area contributed by atoms with E-state index in [4.69, 9.17) is 5.11 Å². The van der Waals surface area contributed by atoms with E-state index in [1.165, 1.54) is 38.8 Å². The largest absolute Gasteiger partial charge is 0.396 e. The Hall–Kier alpha value is -0.0800. The Kier molecular flexibility index (Phi) is 4.74. The molecule has 2 atom stereocenters. The zero-order chi connectivity index (χ0) is 9.68. The molecule has 0 spiro atoms. The van der Waals surface area contributed by atoms with Crippen LogP contribution in [0.15, 0.2) is 0 Å². The van der Waals surface area contributed by atoms with Crippen molar-refractivity contribution >= 4 is 0 Å². The zero-order valence-electron chi connectivity index (χ0n) is 9.00. The van der Waals surface area contributed by atoms with Gasteiger partial charge in [0.05, 0.1) is 0 Å². The van der Waals surface area contributed by atoms with E-state index in [-0.39, 0.29) is 0 Å². The van der Waals surface area contributed by atoms with Crippen molar-refractivity contribution in [2.75, 3.05) is 19.7 Å². The molecule has 0 aliphatic carbocycles. The average Bonchev–Trinajstić information content (AvgIpc) is 2.52. The van der Waals surface area contributed by atoms with Crippen molar-refractivity contribution in [3.63, 3.8) is 0 Å². The van der Waals surface area contributed by atoms with Crippen LogP contribution in [0.3, 0.4) is 0 Å².